The summed E-state index contributed by atoms with van der Waals surface area (Å²) in [6, 6.07) is 8.55. The van der Waals surface area contributed by atoms with Gasteiger partial charge in [0.25, 0.3) is 0 Å². The molecule has 1 aromatic carbocycles. The van der Waals surface area contributed by atoms with Crippen LogP contribution in [0.5, 0.6) is 0 Å². The van der Waals surface area contributed by atoms with Crippen LogP contribution in [0.1, 0.15) is 38.2 Å². The first-order valence-electron chi connectivity index (χ1n) is 7.41. The molecular weight excluding hydrogens is 256 g/mol. The lowest BCUT2D eigenvalue weighted by molar-refractivity contribution is 0.148. The van der Waals surface area contributed by atoms with Gasteiger partial charge in [0.2, 0.25) is 0 Å². The predicted octanol–water partition coefficient (Wildman–Crippen LogP) is 3.68. The van der Waals surface area contributed by atoms with Crippen LogP contribution in [0.2, 0.25) is 5.02 Å². The van der Waals surface area contributed by atoms with Crippen molar-refractivity contribution in [3.8, 4) is 0 Å². The number of hydrogen-bond acceptors (Lipinski definition) is 2. The van der Waals surface area contributed by atoms with Gasteiger partial charge in [-0.1, -0.05) is 37.1 Å². The maximum Gasteiger partial charge on any atom is 0.0409 e. The maximum atomic E-state index is 6.29. The van der Waals surface area contributed by atoms with Crippen molar-refractivity contribution < 1.29 is 0 Å². The number of rotatable bonds is 5. The summed E-state index contributed by atoms with van der Waals surface area (Å²) in [5, 5.41) is 0.828. The third kappa shape index (κ3) is 4.48. The highest BCUT2D eigenvalue weighted by Crippen LogP contribution is 2.23. The molecule has 2 unspecified atom stereocenters. The Kier molecular flexibility index (Phi) is 5.68. The second kappa shape index (κ2) is 7.28. The second-order valence-corrected chi connectivity index (χ2v) is 6.16. The molecule has 0 saturated carbocycles. The van der Waals surface area contributed by atoms with Gasteiger partial charge in [0, 0.05) is 24.2 Å². The summed E-state index contributed by atoms with van der Waals surface area (Å²) < 4.78 is 0. The molecule has 0 spiro atoms. The van der Waals surface area contributed by atoms with Gasteiger partial charge in [-0.25, -0.2) is 0 Å². The third-order valence-electron chi connectivity index (χ3n) is 4.06. The Hall–Kier alpha value is -0.570. The van der Waals surface area contributed by atoms with Crippen LogP contribution in [0.25, 0.3) is 0 Å². The average Bonchev–Trinajstić information content (AvgIpc) is 2.39. The molecule has 1 aliphatic heterocycles. The molecule has 1 saturated heterocycles. The van der Waals surface area contributed by atoms with Crippen molar-refractivity contribution in [2.75, 3.05) is 13.1 Å². The zero-order valence-electron chi connectivity index (χ0n) is 11.8. The number of benzene rings is 1. The Labute approximate surface area is 121 Å². The molecule has 1 aromatic rings. The first-order valence-corrected chi connectivity index (χ1v) is 7.79. The molecule has 2 rings (SSSR count). The van der Waals surface area contributed by atoms with E-state index in [0.717, 1.165) is 24.5 Å². The van der Waals surface area contributed by atoms with Crippen LogP contribution in [-0.4, -0.2) is 24.0 Å². The molecule has 0 radical (unpaired) electrons. The van der Waals surface area contributed by atoms with Gasteiger partial charge >= 0.3 is 0 Å². The molecule has 3 heteroatoms. The monoisotopic (exact) mass is 280 g/mol. The van der Waals surface area contributed by atoms with E-state index in [0.29, 0.717) is 12.0 Å². The molecule has 2 atom stereocenters. The van der Waals surface area contributed by atoms with Gasteiger partial charge in [-0.05, 0) is 49.4 Å². The Morgan fingerprint density at radius 1 is 1.47 bits per heavy atom. The van der Waals surface area contributed by atoms with E-state index in [-0.39, 0.29) is 0 Å². The lowest BCUT2D eigenvalue weighted by Gasteiger charge is -2.35. The highest BCUT2D eigenvalue weighted by atomic mass is 35.5. The Morgan fingerprint density at radius 2 is 2.32 bits per heavy atom. The van der Waals surface area contributed by atoms with Gasteiger partial charge in [-0.2, -0.15) is 0 Å². The number of likely N-dealkylation sites (tertiary alicyclic amines) is 1. The summed E-state index contributed by atoms with van der Waals surface area (Å²) in [7, 11) is 0. The van der Waals surface area contributed by atoms with Crippen molar-refractivity contribution in [1.82, 2.24) is 4.90 Å². The van der Waals surface area contributed by atoms with E-state index in [1.165, 1.54) is 31.4 Å². The van der Waals surface area contributed by atoms with E-state index in [1.807, 2.05) is 12.1 Å². The topological polar surface area (TPSA) is 29.3 Å². The number of piperidine rings is 1. The highest BCUT2D eigenvalue weighted by Gasteiger charge is 2.24. The first-order chi connectivity index (χ1) is 9.19. The Morgan fingerprint density at radius 3 is 3.05 bits per heavy atom. The molecule has 2 nitrogen and oxygen atoms in total. The summed E-state index contributed by atoms with van der Waals surface area (Å²) in [6.07, 6.45) is 4.89. The summed E-state index contributed by atoms with van der Waals surface area (Å²) in [6.45, 7) is 5.53. The Balaban J connectivity index is 1.90. The van der Waals surface area contributed by atoms with Crippen molar-refractivity contribution in [1.29, 1.82) is 0 Å². The van der Waals surface area contributed by atoms with E-state index in [2.05, 4.69) is 24.0 Å². The SMILES string of the molecule is CCCC(N)C1CCCN(Cc2cccc(Cl)c2)C1. The lowest BCUT2D eigenvalue weighted by atomic mass is 9.88. The quantitative estimate of drug-likeness (QED) is 0.891. The van der Waals surface area contributed by atoms with Crippen LogP contribution in [0, 0.1) is 5.92 Å². The summed E-state index contributed by atoms with van der Waals surface area (Å²) in [4.78, 5) is 2.52. The van der Waals surface area contributed by atoms with Crippen molar-refractivity contribution in [3.05, 3.63) is 34.9 Å². The van der Waals surface area contributed by atoms with Gasteiger partial charge < -0.3 is 5.73 Å². The molecule has 2 N–H and O–H groups in total. The fourth-order valence-electron chi connectivity index (χ4n) is 3.05. The summed E-state index contributed by atoms with van der Waals surface area (Å²) in [5.74, 6) is 0.660. The van der Waals surface area contributed by atoms with E-state index in [1.54, 1.807) is 0 Å². The summed E-state index contributed by atoms with van der Waals surface area (Å²) >= 11 is 6.04. The molecular formula is C16H25ClN2. The molecule has 0 aliphatic carbocycles. The fourth-order valence-corrected chi connectivity index (χ4v) is 3.26. The van der Waals surface area contributed by atoms with E-state index < -0.39 is 0 Å². The number of hydrogen-bond donors (Lipinski definition) is 1. The standard InChI is InChI=1S/C16H25ClN2/c1-2-5-16(18)14-7-4-9-19(12-14)11-13-6-3-8-15(17)10-13/h3,6,8,10,14,16H,2,4-5,7,9,11-12,18H2,1H3. The smallest absolute Gasteiger partial charge is 0.0409 e. The predicted molar refractivity (Wildman–Crippen MR) is 82.3 cm³/mol. The van der Waals surface area contributed by atoms with Gasteiger partial charge in [0.15, 0.2) is 0 Å². The minimum atomic E-state index is 0.368. The van der Waals surface area contributed by atoms with Crippen molar-refractivity contribution >= 4 is 11.6 Å². The molecule has 1 fully saturated rings. The molecule has 19 heavy (non-hydrogen) atoms. The molecule has 106 valence electrons. The van der Waals surface area contributed by atoms with Crippen LogP contribution >= 0.6 is 11.6 Å². The molecule has 0 bridgehead atoms. The van der Waals surface area contributed by atoms with E-state index in [4.69, 9.17) is 17.3 Å². The van der Waals surface area contributed by atoms with Crippen molar-refractivity contribution in [3.63, 3.8) is 0 Å². The highest BCUT2D eigenvalue weighted by molar-refractivity contribution is 6.30. The normalized spacial score (nSPS) is 22.4. The average molecular weight is 281 g/mol. The third-order valence-corrected chi connectivity index (χ3v) is 4.30. The van der Waals surface area contributed by atoms with Crippen LogP contribution in [0.4, 0.5) is 0 Å². The van der Waals surface area contributed by atoms with Gasteiger partial charge in [-0.15, -0.1) is 0 Å². The van der Waals surface area contributed by atoms with Crippen molar-refractivity contribution in [2.24, 2.45) is 11.7 Å². The molecule has 0 aromatic heterocycles. The molecule has 1 aliphatic rings. The van der Waals surface area contributed by atoms with Crippen LogP contribution < -0.4 is 5.73 Å². The second-order valence-electron chi connectivity index (χ2n) is 5.72. The number of halogens is 1. The van der Waals surface area contributed by atoms with E-state index in [9.17, 15) is 0 Å². The zero-order chi connectivity index (χ0) is 13.7. The van der Waals surface area contributed by atoms with Crippen molar-refractivity contribution in [2.45, 2.75) is 45.2 Å². The van der Waals surface area contributed by atoms with Gasteiger partial charge in [0.05, 0.1) is 0 Å². The van der Waals surface area contributed by atoms with E-state index >= 15 is 0 Å². The fraction of sp³-hybridized carbons (Fsp3) is 0.625. The molecule has 1 heterocycles. The minimum absolute atomic E-state index is 0.368. The minimum Gasteiger partial charge on any atom is -0.327 e. The number of nitrogens with two attached hydrogens (primary N) is 1. The van der Waals surface area contributed by atoms with Crippen LogP contribution in [0.3, 0.4) is 0 Å². The van der Waals surface area contributed by atoms with Gasteiger partial charge in [0.1, 0.15) is 0 Å². The molecule has 0 amide bonds. The number of nitrogens with zero attached hydrogens (tertiary/aromatic N) is 1. The first kappa shape index (κ1) is 14.8. The maximum absolute atomic E-state index is 6.29. The van der Waals surface area contributed by atoms with Crippen LogP contribution in [-0.2, 0) is 6.54 Å². The van der Waals surface area contributed by atoms with Gasteiger partial charge in [-0.3, -0.25) is 4.90 Å². The zero-order valence-corrected chi connectivity index (χ0v) is 12.6. The van der Waals surface area contributed by atoms with Crippen LogP contribution in [0.15, 0.2) is 24.3 Å². The lowest BCUT2D eigenvalue weighted by Crippen LogP contribution is -2.43. The summed E-state index contributed by atoms with van der Waals surface area (Å²) in [5.41, 5.74) is 7.59. The largest absolute Gasteiger partial charge is 0.327 e. The Bertz CT molecular complexity index is 394.